The van der Waals surface area contributed by atoms with Crippen LogP contribution < -0.4 is 5.32 Å². The molecule has 3 fully saturated rings. The second-order valence-electron chi connectivity index (χ2n) is 10.5. The molecule has 1 N–H and O–H groups in total. The first-order chi connectivity index (χ1) is 17.5. The normalized spacial score (nSPS) is 21.8. The van der Waals surface area contributed by atoms with Gasteiger partial charge in [-0.2, -0.15) is 0 Å². The Bertz CT molecular complexity index is 915. The Labute approximate surface area is 214 Å². The molecule has 4 rings (SSSR count). The number of carbonyl (C=O) groups is 4. The first-order valence-electron chi connectivity index (χ1n) is 13.7. The number of nitrogens with one attached hydrogen (secondary N) is 1. The molecule has 36 heavy (non-hydrogen) atoms. The summed E-state index contributed by atoms with van der Waals surface area (Å²) in [5.41, 5.74) is 1.16. The van der Waals surface area contributed by atoms with Crippen LogP contribution in [-0.2, 0) is 25.6 Å². The molecule has 1 aromatic rings. The zero-order valence-electron chi connectivity index (χ0n) is 21.3. The highest BCUT2D eigenvalue weighted by atomic mass is 16.2. The maximum Gasteiger partial charge on any atom is 0.312 e. The van der Waals surface area contributed by atoms with Crippen LogP contribution in [0.3, 0.4) is 0 Å². The molecule has 1 aliphatic carbocycles. The van der Waals surface area contributed by atoms with Crippen LogP contribution in [0.25, 0.3) is 0 Å². The molecule has 196 valence electrons. The van der Waals surface area contributed by atoms with Crippen molar-refractivity contribution in [3.63, 3.8) is 0 Å². The number of hydrogen-bond acceptors (Lipinski definition) is 4. The molecule has 0 aromatic heterocycles. The van der Waals surface area contributed by atoms with Crippen molar-refractivity contribution in [3.05, 3.63) is 35.9 Å². The molecular formula is C28H40N4O4. The molecule has 1 saturated carbocycles. The van der Waals surface area contributed by atoms with E-state index < -0.39 is 23.6 Å². The van der Waals surface area contributed by atoms with Gasteiger partial charge in [-0.1, -0.05) is 62.4 Å². The van der Waals surface area contributed by atoms with Gasteiger partial charge >= 0.3 is 23.6 Å². The van der Waals surface area contributed by atoms with Crippen LogP contribution >= 0.6 is 0 Å². The molecule has 4 amide bonds. The van der Waals surface area contributed by atoms with E-state index in [9.17, 15) is 19.2 Å². The summed E-state index contributed by atoms with van der Waals surface area (Å²) >= 11 is 0. The highest BCUT2D eigenvalue weighted by molar-refractivity contribution is 6.36. The number of hydrogen-bond donors (Lipinski definition) is 1. The largest absolute Gasteiger partial charge is 0.346 e. The SMILES string of the molecule is O=C1NC[C@H](CCCCN2CCN(CCc3ccccc3)C(=O)C2=O)N(CCC2CCCCC2)C1=O. The number of rotatable bonds is 11. The Morgan fingerprint density at radius 2 is 1.44 bits per heavy atom. The predicted molar refractivity (Wildman–Crippen MR) is 137 cm³/mol. The average Bonchev–Trinajstić information content (AvgIpc) is 2.91. The van der Waals surface area contributed by atoms with E-state index in [4.69, 9.17) is 0 Å². The van der Waals surface area contributed by atoms with Crippen LogP contribution in [0.15, 0.2) is 30.3 Å². The van der Waals surface area contributed by atoms with Gasteiger partial charge in [-0.15, -0.1) is 0 Å². The standard InChI is InChI=1S/C28H40N4O4/c33-25-26(34)32(18-15-23-11-5-2-6-12-23)24(21-29-25)13-7-8-16-30-19-20-31(28(36)27(30)35)17-14-22-9-3-1-4-10-22/h1,3-4,9-10,23-24H,2,5-8,11-21H2,(H,29,33)/t24-/m0/s1. The third-order valence-corrected chi connectivity index (χ3v) is 8.02. The van der Waals surface area contributed by atoms with E-state index in [0.717, 1.165) is 37.7 Å². The quantitative estimate of drug-likeness (QED) is 0.376. The van der Waals surface area contributed by atoms with Gasteiger partial charge in [0.05, 0.1) is 0 Å². The Morgan fingerprint density at radius 1 is 0.750 bits per heavy atom. The van der Waals surface area contributed by atoms with E-state index in [1.54, 1.807) is 14.7 Å². The van der Waals surface area contributed by atoms with E-state index in [0.29, 0.717) is 45.2 Å². The van der Waals surface area contributed by atoms with Crippen molar-refractivity contribution in [1.82, 2.24) is 20.0 Å². The molecule has 1 atom stereocenters. The third-order valence-electron chi connectivity index (χ3n) is 8.02. The highest BCUT2D eigenvalue weighted by Gasteiger charge is 2.34. The van der Waals surface area contributed by atoms with Gasteiger partial charge in [0.2, 0.25) is 0 Å². The summed E-state index contributed by atoms with van der Waals surface area (Å²) in [7, 11) is 0. The van der Waals surface area contributed by atoms with Crippen LogP contribution in [0.4, 0.5) is 0 Å². The van der Waals surface area contributed by atoms with Crippen molar-refractivity contribution >= 4 is 23.6 Å². The average molecular weight is 497 g/mol. The fourth-order valence-electron chi connectivity index (χ4n) is 5.77. The van der Waals surface area contributed by atoms with Crippen molar-refractivity contribution < 1.29 is 19.2 Å². The number of unbranched alkanes of at least 4 members (excludes halogenated alkanes) is 1. The zero-order valence-corrected chi connectivity index (χ0v) is 21.3. The summed E-state index contributed by atoms with van der Waals surface area (Å²) in [5, 5.41) is 2.74. The summed E-state index contributed by atoms with van der Waals surface area (Å²) < 4.78 is 0. The van der Waals surface area contributed by atoms with Crippen molar-refractivity contribution in [2.24, 2.45) is 5.92 Å². The maximum absolute atomic E-state index is 12.6. The Hall–Kier alpha value is -2.90. The number of piperazine rings is 2. The number of nitrogens with zero attached hydrogens (tertiary/aromatic N) is 3. The zero-order chi connectivity index (χ0) is 25.3. The molecular weight excluding hydrogens is 456 g/mol. The Balaban J connectivity index is 1.19. The minimum Gasteiger partial charge on any atom is -0.346 e. The molecule has 0 unspecified atom stereocenters. The Morgan fingerprint density at radius 3 is 2.17 bits per heavy atom. The van der Waals surface area contributed by atoms with Crippen molar-refractivity contribution in [2.45, 2.75) is 70.3 Å². The van der Waals surface area contributed by atoms with Gasteiger partial charge in [-0.25, -0.2) is 0 Å². The van der Waals surface area contributed by atoms with E-state index in [1.165, 1.54) is 32.1 Å². The van der Waals surface area contributed by atoms with Crippen molar-refractivity contribution in [1.29, 1.82) is 0 Å². The lowest BCUT2D eigenvalue weighted by atomic mass is 9.86. The molecule has 0 spiro atoms. The van der Waals surface area contributed by atoms with Crippen LogP contribution in [0, 0.1) is 5.92 Å². The lowest BCUT2D eigenvalue weighted by Gasteiger charge is -2.37. The minimum absolute atomic E-state index is 0.00552. The number of amides is 4. The first kappa shape index (κ1) is 26.2. The van der Waals surface area contributed by atoms with Gasteiger partial charge in [0, 0.05) is 45.3 Å². The second kappa shape index (κ2) is 12.9. The summed E-state index contributed by atoms with van der Waals surface area (Å²) in [4.78, 5) is 54.9. The molecule has 2 saturated heterocycles. The maximum atomic E-state index is 12.6. The predicted octanol–water partition coefficient (Wildman–Crippen LogP) is 2.37. The van der Waals surface area contributed by atoms with Gasteiger partial charge in [-0.3, -0.25) is 19.2 Å². The molecule has 0 radical (unpaired) electrons. The van der Waals surface area contributed by atoms with Gasteiger partial charge in [0.25, 0.3) is 0 Å². The van der Waals surface area contributed by atoms with Crippen molar-refractivity contribution in [3.8, 4) is 0 Å². The van der Waals surface area contributed by atoms with Gasteiger partial charge < -0.3 is 20.0 Å². The smallest absolute Gasteiger partial charge is 0.312 e. The van der Waals surface area contributed by atoms with Crippen molar-refractivity contribution in [2.75, 3.05) is 39.3 Å². The third kappa shape index (κ3) is 6.86. The van der Waals surface area contributed by atoms with E-state index in [-0.39, 0.29) is 6.04 Å². The van der Waals surface area contributed by atoms with Crippen LogP contribution in [0.2, 0.25) is 0 Å². The van der Waals surface area contributed by atoms with Crippen LogP contribution in [0.1, 0.15) is 63.4 Å². The summed E-state index contributed by atoms with van der Waals surface area (Å²) in [6, 6.07) is 10.00. The molecule has 0 bridgehead atoms. The second-order valence-corrected chi connectivity index (χ2v) is 10.5. The van der Waals surface area contributed by atoms with E-state index in [2.05, 4.69) is 5.32 Å². The van der Waals surface area contributed by atoms with Gasteiger partial charge in [0.15, 0.2) is 0 Å². The molecule has 2 heterocycles. The summed E-state index contributed by atoms with van der Waals surface area (Å²) in [6.07, 6.45) is 10.4. The summed E-state index contributed by atoms with van der Waals surface area (Å²) in [6.45, 7) is 3.37. The number of benzene rings is 1. The lowest BCUT2D eigenvalue weighted by Crippen LogP contribution is -2.58. The molecule has 8 heteroatoms. The monoisotopic (exact) mass is 496 g/mol. The topological polar surface area (TPSA) is 90.0 Å². The van der Waals surface area contributed by atoms with Crippen LogP contribution in [0.5, 0.6) is 0 Å². The molecule has 8 nitrogen and oxygen atoms in total. The molecule has 2 aliphatic heterocycles. The fourth-order valence-corrected chi connectivity index (χ4v) is 5.77. The highest BCUT2D eigenvalue weighted by Crippen LogP contribution is 2.27. The van der Waals surface area contributed by atoms with Gasteiger partial charge in [-0.05, 0) is 43.6 Å². The molecule has 1 aromatic carbocycles. The summed E-state index contributed by atoms with van der Waals surface area (Å²) in [5.74, 6) is -1.07. The Kier molecular flexibility index (Phi) is 9.36. The minimum atomic E-state index is -0.496. The van der Waals surface area contributed by atoms with Gasteiger partial charge in [0.1, 0.15) is 0 Å². The fraction of sp³-hybridized carbons (Fsp3) is 0.643. The van der Waals surface area contributed by atoms with E-state index in [1.807, 2.05) is 30.3 Å². The van der Waals surface area contributed by atoms with Crippen LogP contribution in [-0.4, -0.2) is 83.6 Å². The lowest BCUT2D eigenvalue weighted by molar-refractivity contribution is -0.156. The van der Waals surface area contributed by atoms with E-state index >= 15 is 0 Å². The molecule has 3 aliphatic rings. The first-order valence-corrected chi connectivity index (χ1v) is 13.7. The number of carbonyl (C=O) groups excluding carboxylic acids is 4.